The summed E-state index contributed by atoms with van der Waals surface area (Å²) in [4.78, 5) is 0. The monoisotopic (exact) mass is 247 g/mol. The molecule has 0 amide bonds. The first-order valence-corrected chi connectivity index (χ1v) is 6.81. The predicted octanol–water partition coefficient (Wildman–Crippen LogP) is 3.41. The van der Waals surface area contributed by atoms with E-state index in [9.17, 15) is 0 Å². The molecule has 1 unspecified atom stereocenters. The third-order valence-electron chi connectivity index (χ3n) is 3.65. The van der Waals surface area contributed by atoms with Gasteiger partial charge in [0.25, 0.3) is 0 Å². The second-order valence-corrected chi connectivity index (χ2v) is 6.72. The van der Waals surface area contributed by atoms with Crippen molar-refractivity contribution >= 4 is 0 Å². The molecule has 1 atom stereocenters. The number of methoxy groups -OCH3 is 1. The number of rotatable bonds is 4. The molecular weight excluding hydrogens is 222 g/mol. The van der Waals surface area contributed by atoms with Crippen LogP contribution < -0.4 is 10.1 Å². The van der Waals surface area contributed by atoms with E-state index >= 15 is 0 Å². The van der Waals surface area contributed by atoms with Gasteiger partial charge < -0.3 is 10.1 Å². The summed E-state index contributed by atoms with van der Waals surface area (Å²) < 4.78 is 5.30. The van der Waals surface area contributed by atoms with Gasteiger partial charge >= 0.3 is 0 Å². The minimum atomic E-state index is 0.296. The van der Waals surface area contributed by atoms with Gasteiger partial charge in [0.1, 0.15) is 5.75 Å². The van der Waals surface area contributed by atoms with Crippen molar-refractivity contribution in [3.05, 3.63) is 29.8 Å². The Balaban J connectivity index is 2.10. The summed E-state index contributed by atoms with van der Waals surface area (Å²) in [7, 11) is 1.73. The molecule has 1 heterocycles. The lowest BCUT2D eigenvalue weighted by molar-refractivity contribution is 0.132. The largest absolute Gasteiger partial charge is 0.497 e. The first-order chi connectivity index (χ1) is 8.42. The van der Waals surface area contributed by atoms with Crippen LogP contribution in [0.5, 0.6) is 5.75 Å². The van der Waals surface area contributed by atoms with Crippen molar-refractivity contribution in [3.8, 4) is 5.75 Å². The average Bonchev–Trinajstić information content (AvgIpc) is 2.24. The van der Waals surface area contributed by atoms with Crippen LogP contribution in [0.4, 0.5) is 0 Å². The highest BCUT2D eigenvalue weighted by molar-refractivity contribution is 5.30. The maximum Gasteiger partial charge on any atom is 0.119 e. The zero-order chi connectivity index (χ0) is 13.2. The zero-order valence-corrected chi connectivity index (χ0v) is 12.0. The maximum absolute atomic E-state index is 5.30. The van der Waals surface area contributed by atoms with Crippen molar-refractivity contribution < 1.29 is 4.74 Å². The van der Waals surface area contributed by atoms with E-state index in [0.717, 1.165) is 18.7 Å². The van der Waals surface area contributed by atoms with Gasteiger partial charge in [-0.1, -0.05) is 32.9 Å². The van der Waals surface area contributed by atoms with Crippen molar-refractivity contribution in [3.63, 3.8) is 0 Å². The molecule has 0 spiro atoms. The molecule has 1 fully saturated rings. The fourth-order valence-electron chi connectivity index (χ4n) is 3.03. The van der Waals surface area contributed by atoms with E-state index in [2.05, 4.69) is 44.3 Å². The molecule has 2 rings (SSSR count). The van der Waals surface area contributed by atoms with E-state index in [1.165, 1.54) is 18.4 Å². The highest BCUT2D eigenvalue weighted by atomic mass is 16.5. The quantitative estimate of drug-likeness (QED) is 0.880. The topological polar surface area (TPSA) is 21.3 Å². The molecule has 18 heavy (non-hydrogen) atoms. The molecule has 1 N–H and O–H groups in total. The fraction of sp³-hybridized carbons (Fsp3) is 0.625. The Hall–Kier alpha value is -1.02. The molecular formula is C16H25NO. The molecule has 2 nitrogen and oxygen atoms in total. The van der Waals surface area contributed by atoms with Gasteiger partial charge in [0.2, 0.25) is 0 Å². The third kappa shape index (κ3) is 3.26. The van der Waals surface area contributed by atoms with Crippen molar-refractivity contribution in [2.45, 2.75) is 45.6 Å². The zero-order valence-electron chi connectivity index (χ0n) is 12.0. The lowest BCUT2D eigenvalue weighted by Crippen LogP contribution is -2.59. The highest BCUT2D eigenvalue weighted by Gasteiger charge is 2.39. The van der Waals surface area contributed by atoms with Gasteiger partial charge in [-0.2, -0.15) is 0 Å². The molecule has 1 aromatic carbocycles. The molecule has 0 saturated carbocycles. The number of ether oxygens (including phenoxy) is 1. The summed E-state index contributed by atoms with van der Waals surface area (Å²) in [6.07, 6.45) is 3.60. The standard InChI is InChI=1S/C16H25NO/c1-15(2,3)12-16(8-9-17-16)11-13-6-5-7-14(10-13)18-4/h5-7,10,17H,8-9,11-12H2,1-4H3. The molecule has 100 valence electrons. The van der Waals surface area contributed by atoms with Gasteiger partial charge in [-0.3, -0.25) is 0 Å². The minimum absolute atomic E-state index is 0.296. The first-order valence-electron chi connectivity index (χ1n) is 6.81. The maximum atomic E-state index is 5.30. The Morgan fingerprint density at radius 1 is 1.33 bits per heavy atom. The van der Waals surface area contributed by atoms with Crippen LogP contribution >= 0.6 is 0 Å². The van der Waals surface area contributed by atoms with Crippen LogP contribution in [0.2, 0.25) is 0 Å². The van der Waals surface area contributed by atoms with Crippen molar-refractivity contribution in [1.29, 1.82) is 0 Å². The van der Waals surface area contributed by atoms with Crippen LogP contribution in [-0.2, 0) is 6.42 Å². The molecule has 0 bridgehead atoms. The van der Waals surface area contributed by atoms with Crippen molar-refractivity contribution in [2.75, 3.05) is 13.7 Å². The van der Waals surface area contributed by atoms with Crippen LogP contribution in [-0.4, -0.2) is 19.2 Å². The summed E-state index contributed by atoms with van der Waals surface area (Å²) in [6.45, 7) is 8.11. The van der Waals surface area contributed by atoms with Crippen LogP contribution in [0, 0.1) is 5.41 Å². The Morgan fingerprint density at radius 3 is 2.56 bits per heavy atom. The summed E-state index contributed by atoms with van der Waals surface area (Å²) >= 11 is 0. The molecule has 1 aliphatic heterocycles. The number of benzene rings is 1. The van der Waals surface area contributed by atoms with Gasteiger partial charge in [-0.05, 0) is 48.9 Å². The second kappa shape index (κ2) is 4.93. The third-order valence-corrected chi connectivity index (χ3v) is 3.65. The molecule has 0 aliphatic carbocycles. The van der Waals surface area contributed by atoms with E-state index < -0.39 is 0 Å². The number of hydrogen-bond acceptors (Lipinski definition) is 2. The van der Waals surface area contributed by atoms with E-state index in [0.29, 0.717) is 11.0 Å². The molecule has 0 radical (unpaired) electrons. The van der Waals surface area contributed by atoms with E-state index in [1.54, 1.807) is 7.11 Å². The van der Waals surface area contributed by atoms with Crippen molar-refractivity contribution in [1.82, 2.24) is 5.32 Å². The van der Waals surface area contributed by atoms with E-state index in [-0.39, 0.29) is 0 Å². The molecule has 1 aromatic rings. The van der Waals surface area contributed by atoms with E-state index in [1.807, 2.05) is 6.07 Å². The average molecular weight is 247 g/mol. The van der Waals surface area contributed by atoms with Gasteiger partial charge in [-0.15, -0.1) is 0 Å². The van der Waals surface area contributed by atoms with Crippen LogP contribution in [0.15, 0.2) is 24.3 Å². The van der Waals surface area contributed by atoms with Crippen molar-refractivity contribution in [2.24, 2.45) is 5.41 Å². The Morgan fingerprint density at radius 2 is 2.06 bits per heavy atom. The Bertz CT molecular complexity index is 402. The van der Waals surface area contributed by atoms with Crippen LogP contribution in [0.25, 0.3) is 0 Å². The molecule has 2 heteroatoms. The minimum Gasteiger partial charge on any atom is -0.497 e. The van der Waals surface area contributed by atoms with Gasteiger partial charge in [0.05, 0.1) is 7.11 Å². The SMILES string of the molecule is COc1cccc(CC2(CC(C)(C)C)CCN2)c1. The lowest BCUT2D eigenvalue weighted by atomic mass is 9.71. The Kier molecular flexibility index (Phi) is 3.67. The molecule has 0 aromatic heterocycles. The number of nitrogens with one attached hydrogen (secondary N) is 1. The lowest BCUT2D eigenvalue weighted by Gasteiger charge is -2.47. The summed E-state index contributed by atoms with van der Waals surface area (Å²) in [5.41, 5.74) is 2.03. The summed E-state index contributed by atoms with van der Waals surface area (Å²) in [5, 5.41) is 3.66. The molecule has 1 aliphatic rings. The van der Waals surface area contributed by atoms with Gasteiger partial charge in [-0.25, -0.2) is 0 Å². The smallest absolute Gasteiger partial charge is 0.119 e. The predicted molar refractivity (Wildman–Crippen MR) is 76.1 cm³/mol. The van der Waals surface area contributed by atoms with Gasteiger partial charge in [0.15, 0.2) is 0 Å². The Labute approximate surface area is 111 Å². The number of hydrogen-bond donors (Lipinski definition) is 1. The van der Waals surface area contributed by atoms with E-state index in [4.69, 9.17) is 4.74 Å². The van der Waals surface area contributed by atoms with Gasteiger partial charge in [0, 0.05) is 5.54 Å². The first kappa shape index (κ1) is 13.4. The second-order valence-electron chi connectivity index (χ2n) is 6.72. The summed E-state index contributed by atoms with van der Waals surface area (Å²) in [6, 6.07) is 8.45. The van der Waals surface area contributed by atoms with Crippen LogP contribution in [0.1, 0.15) is 39.2 Å². The highest BCUT2D eigenvalue weighted by Crippen LogP contribution is 2.36. The summed E-state index contributed by atoms with van der Waals surface area (Å²) in [5.74, 6) is 0.956. The van der Waals surface area contributed by atoms with Crippen LogP contribution in [0.3, 0.4) is 0 Å². The molecule has 1 saturated heterocycles. The fourth-order valence-corrected chi connectivity index (χ4v) is 3.03. The normalized spacial score (nSPS) is 23.6.